The lowest BCUT2D eigenvalue weighted by molar-refractivity contribution is 0.410. The molecule has 1 aromatic carbocycles. The number of hydrogen-bond donors (Lipinski definition) is 0. The van der Waals surface area contributed by atoms with E-state index in [9.17, 15) is 0 Å². The van der Waals surface area contributed by atoms with E-state index in [2.05, 4.69) is 38.5 Å². The molecule has 0 atom stereocenters. The summed E-state index contributed by atoms with van der Waals surface area (Å²) in [5.74, 6) is 0.700. The molecule has 120 valence electrons. The summed E-state index contributed by atoms with van der Waals surface area (Å²) in [6, 6.07) is 9.68. The Bertz CT molecular complexity index is 1010. The van der Waals surface area contributed by atoms with E-state index < -0.39 is 0 Å². The van der Waals surface area contributed by atoms with E-state index in [1.807, 2.05) is 24.3 Å². The van der Waals surface area contributed by atoms with Crippen molar-refractivity contribution < 1.29 is 4.74 Å². The van der Waals surface area contributed by atoms with Crippen molar-refractivity contribution in [3.8, 4) is 11.4 Å². The van der Waals surface area contributed by atoms with E-state index in [0.29, 0.717) is 10.9 Å². The van der Waals surface area contributed by atoms with Gasteiger partial charge in [-0.3, -0.25) is 0 Å². The van der Waals surface area contributed by atoms with E-state index in [4.69, 9.17) is 4.74 Å². The molecule has 0 saturated heterocycles. The summed E-state index contributed by atoms with van der Waals surface area (Å²) < 4.78 is 7.05. The van der Waals surface area contributed by atoms with Gasteiger partial charge in [-0.15, -0.1) is 16.4 Å². The van der Waals surface area contributed by atoms with Gasteiger partial charge in [-0.05, 0) is 47.3 Å². The predicted octanol–water partition coefficient (Wildman–Crippen LogP) is 3.14. The minimum Gasteiger partial charge on any atom is -0.494 e. The Hall–Kier alpha value is -2.52. The van der Waals surface area contributed by atoms with Crippen LogP contribution in [-0.2, 0) is 0 Å². The predicted molar refractivity (Wildman–Crippen MR) is 92.0 cm³/mol. The highest BCUT2D eigenvalue weighted by Crippen LogP contribution is 2.34. The van der Waals surface area contributed by atoms with Crippen molar-refractivity contribution in [2.75, 3.05) is 7.11 Å². The number of rotatable bonds is 4. The summed E-state index contributed by atoms with van der Waals surface area (Å²) in [6.45, 7) is 2.06. The number of fused-ring (bicyclic) bond motifs is 1. The van der Waals surface area contributed by atoms with Gasteiger partial charge in [0.05, 0.1) is 7.11 Å². The van der Waals surface area contributed by atoms with Crippen LogP contribution in [-0.4, -0.2) is 37.3 Å². The molecule has 0 fully saturated rings. The summed E-state index contributed by atoms with van der Waals surface area (Å²) >= 11 is 3.05. The van der Waals surface area contributed by atoms with Crippen LogP contribution < -0.4 is 4.74 Å². The van der Waals surface area contributed by atoms with Crippen LogP contribution in [0.4, 0.5) is 0 Å². The average molecular weight is 356 g/mol. The number of aryl methyl sites for hydroxylation is 1. The summed E-state index contributed by atoms with van der Waals surface area (Å²) in [7, 11) is 1.62. The molecule has 0 N–H and O–H groups in total. The lowest BCUT2D eigenvalue weighted by Crippen LogP contribution is -2.01. The number of ether oxygens (including phenoxy) is 1. The minimum absolute atomic E-state index is 0.614. The van der Waals surface area contributed by atoms with Crippen LogP contribution in [0.2, 0.25) is 0 Å². The van der Waals surface area contributed by atoms with E-state index in [0.717, 1.165) is 20.9 Å². The summed E-state index contributed by atoms with van der Waals surface area (Å²) in [4.78, 5) is 10.9. The van der Waals surface area contributed by atoms with Crippen LogP contribution in [0.3, 0.4) is 0 Å². The third-order valence-electron chi connectivity index (χ3n) is 3.36. The molecular formula is C15H12N6OS2. The Labute approximate surface area is 145 Å². The maximum atomic E-state index is 5.40. The summed E-state index contributed by atoms with van der Waals surface area (Å²) in [5, 5.41) is 14.5. The number of thiophene rings is 1. The SMILES string of the molecule is COc1ccccc1-n1nnnc1Sc1ncnc2sc(C)cc12. The molecule has 9 heteroatoms. The van der Waals surface area contributed by atoms with Crippen molar-refractivity contribution in [1.29, 1.82) is 0 Å². The fraction of sp³-hybridized carbons (Fsp3) is 0.133. The number of nitrogens with zero attached hydrogens (tertiary/aromatic N) is 6. The first-order valence-corrected chi connectivity index (χ1v) is 8.70. The normalized spacial score (nSPS) is 11.1. The van der Waals surface area contributed by atoms with Gasteiger partial charge in [-0.2, -0.15) is 4.68 Å². The van der Waals surface area contributed by atoms with Gasteiger partial charge < -0.3 is 4.74 Å². The standard InChI is InChI=1S/C15H12N6OS2/c1-9-7-10-13(23-9)16-8-17-14(10)24-15-18-19-20-21(15)11-5-3-4-6-12(11)22-2/h3-8H,1-2H3. The molecule has 0 bridgehead atoms. The monoisotopic (exact) mass is 356 g/mol. The van der Waals surface area contributed by atoms with Crippen LogP contribution in [0.25, 0.3) is 15.9 Å². The Balaban J connectivity index is 1.78. The number of tetrazole rings is 1. The highest BCUT2D eigenvalue weighted by atomic mass is 32.2. The average Bonchev–Trinajstić information content (AvgIpc) is 3.21. The molecule has 0 saturated carbocycles. The quantitative estimate of drug-likeness (QED) is 0.520. The molecule has 24 heavy (non-hydrogen) atoms. The molecule has 4 aromatic rings. The fourth-order valence-electron chi connectivity index (χ4n) is 2.32. The van der Waals surface area contributed by atoms with Gasteiger partial charge in [-0.1, -0.05) is 12.1 Å². The molecule has 3 aromatic heterocycles. The number of aromatic nitrogens is 6. The third kappa shape index (κ3) is 2.61. The molecule has 0 amide bonds. The molecule has 0 aliphatic heterocycles. The van der Waals surface area contributed by atoms with Crippen molar-refractivity contribution >= 4 is 33.3 Å². The zero-order valence-electron chi connectivity index (χ0n) is 12.9. The van der Waals surface area contributed by atoms with Crippen molar-refractivity contribution in [2.45, 2.75) is 17.1 Å². The molecular weight excluding hydrogens is 344 g/mol. The number of benzene rings is 1. The molecule has 4 rings (SSSR count). The first kappa shape index (κ1) is 15.0. The minimum atomic E-state index is 0.614. The smallest absolute Gasteiger partial charge is 0.220 e. The van der Waals surface area contributed by atoms with Gasteiger partial charge in [-0.25, -0.2) is 9.97 Å². The lowest BCUT2D eigenvalue weighted by atomic mass is 10.3. The zero-order valence-corrected chi connectivity index (χ0v) is 14.5. The molecule has 0 spiro atoms. The molecule has 0 unspecified atom stereocenters. The maximum absolute atomic E-state index is 5.40. The number of methoxy groups -OCH3 is 1. The summed E-state index contributed by atoms with van der Waals surface area (Å²) in [6.07, 6.45) is 1.57. The fourth-order valence-corrected chi connectivity index (χ4v) is 4.07. The highest BCUT2D eigenvalue weighted by molar-refractivity contribution is 7.99. The zero-order chi connectivity index (χ0) is 16.5. The van der Waals surface area contributed by atoms with Gasteiger partial charge in [0.25, 0.3) is 0 Å². The third-order valence-corrected chi connectivity index (χ3v) is 5.27. The highest BCUT2D eigenvalue weighted by Gasteiger charge is 2.16. The number of para-hydroxylation sites is 2. The van der Waals surface area contributed by atoms with Crippen molar-refractivity contribution in [3.63, 3.8) is 0 Å². The Morgan fingerprint density at radius 1 is 1.21 bits per heavy atom. The van der Waals surface area contributed by atoms with Gasteiger partial charge in [0, 0.05) is 10.3 Å². The maximum Gasteiger partial charge on any atom is 0.220 e. The van der Waals surface area contributed by atoms with E-state index in [1.54, 1.807) is 29.5 Å². The van der Waals surface area contributed by atoms with E-state index in [1.165, 1.54) is 16.6 Å². The molecule has 3 heterocycles. The van der Waals surface area contributed by atoms with E-state index >= 15 is 0 Å². The van der Waals surface area contributed by atoms with Crippen LogP contribution in [0, 0.1) is 6.92 Å². The van der Waals surface area contributed by atoms with Crippen molar-refractivity contribution in [2.24, 2.45) is 0 Å². The van der Waals surface area contributed by atoms with Crippen molar-refractivity contribution in [1.82, 2.24) is 30.2 Å². The van der Waals surface area contributed by atoms with Gasteiger partial charge in [0.15, 0.2) is 0 Å². The molecule has 0 aliphatic rings. The Morgan fingerprint density at radius 3 is 2.96 bits per heavy atom. The molecule has 0 aliphatic carbocycles. The summed E-state index contributed by atoms with van der Waals surface area (Å²) in [5.41, 5.74) is 0.777. The Morgan fingerprint density at radius 2 is 2.08 bits per heavy atom. The van der Waals surface area contributed by atoms with Crippen LogP contribution in [0.1, 0.15) is 4.88 Å². The van der Waals surface area contributed by atoms with Gasteiger partial charge in [0.2, 0.25) is 5.16 Å². The van der Waals surface area contributed by atoms with E-state index in [-0.39, 0.29) is 0 Å². The Kier molecular flexibility index (Phi) is 3.87. The second kappa shape index (κ2) is 6.17. The second-order valence-corrected chi connectivity index (χ2v) is 7.09. The van der Waals surface area contributed by atoms with Crippen LogP contribution in [0.5, 0.6) is 5.75 Å². The van der Waals surface area contributed by atoms with Crippen molar-refractivity contribution in [3.05, 3.63) is 41.5 Å². The molecule has 7 nitrogen and oxygen atoms in total. The first-order valence-electron chi connectivity index (χ1n) is 7.07. The van der Waals surface area contributed by atoms with Gasteiger partial charge >= 0.3 is 0 Å². The number of hydrogen-bond acceptors (Lipinski definition) is 8. The van der Waals surface area contributed by atoms with Crippen LogP contribution in [0.15, 0.2) is 46.8 Å². The lowest BCUT2D eigenvalue weighted by Gasteiger charge is -2.08. The van der Waals surface area contributed by atoms with Crippen LogP contribution >= 0.6 is 23.1 Å². The molecule has 0 radical (unpaired) electrons. The second-order valence-electron chi connectivity index (χ2n) is 4.90. The van der Waals surface area contributed by atoms with Gasteiger partial charge in [0.1, 0.15) is 27.6 Å². The topological polar surface area (TPSA) is 78.6 Å². The first-order chi connectivity index (χ1) is 11.8. The largest absolute Gasteiger partial charge is 0.494 e.